The number of rotatable bonds is 5. The molecule has 2 atom stereocenters. The van der Waals surface area contributed by atoms with Gasteiger partial charge in [-0.3, -0.25) is 9.59 Å². The molecule has 0 unspecified atom stereocenters. The summed E-state index contributed by atoms with van der Waals surface area (Å²) in [5, 5.41) is 8.88. The van der Waals surface area contributed by atoms with Crippen LogP contribution < -0.4 is 4.74 Å². The van der Waals surface area contributed by atoms with Gasteiger partial charge in [0.2, 0.25) is 5.91 Å². The molecule has 0 spiro atoms. The molecule has 3 rings (SSSR count). The molecule has 1 aliphatic rings. The van der Waals surface area contributed by atoms with E-state index in [4.69, 9.17) is 14.7 Å². The highest BCUT2D eigenvalue weighted by Crippen LogP contribution is 2.36. The van der Waals surface area contributed by atoms with E-state index in [0.29, 0.717) is 24.3 Å². The van der Waals surface area contributed by atoms with E-state index in [2.05, 4.69) is 6.07 Å². The van der Waals surface area contributed by atoms with Crippen LogP contribution in [-0.4, -0.2) is 43.6 Å². The molecular formula is C22H22N2O4. The number of likely N-dealkylation sites (N-methyl/N-ethyl adjacent to an activating group) is 1. The number of hydrogen-bond acceptors (Lipinski definition) is 5. The van der Waals surface area contributed by atoms with Gasteiger partial charge < -0.3 is 14.4 Å². The summed E-state index contributed by atoms with van der Waals surface area (Å²) in [6.45, 7) is 1.91. The van der Waals surface area contributed by atoms with Gasteiger partial charge in [0.1, 0.15) is 17.8 Å². The van der Waals surface area contributed by atoms with Crippen LogP contribution in [0.25, 0.3) is 11.1 Å². The van der Waals surface area contributed by atoms with E-state index in [1.165, 1.54) is 7.11 Å². The van der Waals surface area contributed by atoms with Crippen molar-refractivity contribution in [1.82, 2.24) is 4.90 Å². The smallest absolute Gasteiger partial charge is 0.321 e. The van der Waals surface area contributed by atoms with Gasteiger partial charge in [0.25, 0.3) is 0 Å². The number of amides is 1. The van der Waals surface area contributed by atoms with E-state index in [9.17, 15) is 9.59 Å². The number of benzene rings is 2. The molecule has 144 valence electrons. The molecule has 0 N–H and O–H groups in total. The summed E-state index contributed by atoms with van der Waals surface area (Å²) in [4.78, 5) is 26.0. The fraction of sp³-hybridized carbons (Fsp3) is 0.318. The van der Waals surface area contributed by atoms with Gasteiger partial charge in [-0.15, -0.1) is 0 Å². The Labute approximate surface area is 164 Å². The number of methoxy groups -OCH3 is 1. The Morgan fingerprint density at radius 1 is 1.18 bits per heavy atom. The standard InChI is InChI=1S/C22H22N2O4/c1-22(21(26)27-3)12-18(24(2)20(22)25)14-28-19-10-8-17(9-11-19)16-6-4-15(13-23)5-7-16/h4-11,18H,12,14H2,1-3H3/t18-,22-/m0/s1. The largest absolute Gasteiger partial charge is 0.491 e. The maximum Gasteiger partial charge on any atom is 0.321 e. The number of esters is 1. The summed E-state index contributed by atoms with van der Waals surface area (Å²) in [5.41, 5.74) is 1.50. The van der Waals surface area contributed by atoms with Crippen molar-refractivity contribution in [2.45, 2.75) is 19.4 Å². The summed E-state index contributed by atoms with van der Waals surface area (Å²) in [5.74, 6) is -0.0763. The van der Waals surface area contributed by atoms with E-state index in [-0.39, 0.29) is 11.9 Å². The van der Waals surface area contributed by atoms with E-state index >= 15 is 0 Å². The maximum absolute atomic E-state index is 12.4. The second-order valence-electron chi connectivity index (χ2n) is 7.12. The van der Waals surface area contributed by atoms with Crippen molar-refractivity contribution < 1.29 is 19.1 Å². The van der Waals surface area contributed by atoms with Gasteiger partial charge in [0.15, 0.2) is 0 Å². The molecule has 0 aliphatic carbocycles. The lowest BCUT2D eigenvalue weighted by molar-refractivity contribution is -0.157. The topological polar surface area (TPSA) is 79.6 Å². The second-order valence-corrected chi connectivity index (χ2v) is 7.12. The summed E-state index contributed by atoms with van der Waals surface area (Å²) < 4.78 is 10.6. The fourth-order valence-corrected chi connectivity index (χ4v) is 3.49. The highest BCUT2D eigenvalue weighted by Gasteiger charge is 2.53. The number of carbonyl (C=O) groups is 2. The van der Waals surface area contributed by atoms with E-state index in [1.807, 2.05) is 36.4 Å². The Morgan fingerprint density at radius 3 is 2.29 bits per heavy atom. The van der Waals surface area contributed by atoms with Crippen LogP contribution in [0.5, 0.6) is 5.75 Å². The molecule has 0 saturated carbocycles. The number of likely N-dealkylation sites (tertiary alicyclic amines) is 1. The third kappa shape index (κ3) is 3.56. The molecule has 2 aromatic carbocycles. The molecule has 1 amide bonds. The van der Waals surface area contributed by atoms with E-state index < -0.39 is 11.4 Å². The molecule has 0 bridgehead atoms. The lowest BCUT2D eigenvalue weighted by Gasteiger charge is -2.20. The summed E-state index contributed by atoms with van der Waals surface area (Å²) >= 11 is 0. The third-order valence-electron chi connectivity index (χ3n) is 5.26. The average molecular weight is 378 g/mol. The predicted molar refractivity (Wildman–Crippen MR) is 103 cm³/mol. The first-order valence-corrected chi connectivity index (χ1v) is 8.98. The lowest BCUT2D eigenvalue weighted by Crippen LogP contribution is -2.38. The summed E-state index contributed by atoms with van der Waals surface area (Å²) in [7, 11) is 2.97. The molecule has 1 heterocycles. The Morgan fingerprint density at radius 2 is 1.75 bits per heavy atom. The first-order chi connectivity index (χ1) is 13.4. The number of carbonyl (C=O) groups excluding carboxylic acids is 2. The summed E-state index contributed by atoms with van der Waals surface area (Å²) in [6, 6.07) is 16.9. The monoisotopic (exact) mass is 378 g/mol. The summed E-state index contributed by atoms with van der Waals surface area (Å²) in [6.07, 6.45) is 0.359. The van der Waals surface area contributed by atoms with Crippen LogP contribution in [0.4, 0.5) is 0 Å². The van der Waals surface area contributed by atoms with Crippen molar-refractivity contribution in [2.75, 3.05) is 20.8 Å². The van der Waals surface area contributed by atoms with Crippen LogP contribution in [0.1, 0.15) is 18.9 Å². The third-order valence-corrected chi connectivity index (χ3v) is 5.26. The van der Waals surface area contributed by atoms with Gasteiger partial charge in [-0.1, -0.05) is 24.3 Å². The number of hydrogen-bond donors (Lipinski definition) is 0. The number of ether oxygens (including phenoxy) is 2. The minimum atomic E-state index is -1.16. The van der Waals surface area contributed by atoms with Crippen LogP contribution in [0, 0.1) is 16.7 Å². The average Bonchev–Trinajstić information content (AvgIpc) is 2.96. The van der Waals surface area contributed by atoms with Crippen molar-refractivity contribution in [3.8, 4) is 22.9 Å². The van der Waals surface area contributed by atoms with Gasteiger partial charge in [-0.25, -0.2) is 0 Å². The quantitative estimate of drug-likeness (QED) is 0.590. The molecule has 28 heavy (non-hydrogen) atoms. The number of nitrogens with zero attached hydrogens (tertiary/aromatic N) is 2. The Kier molecular flexibility index (Phi) is 5.36. The minimum absolute atomic E-state index is 0.199. The molecule has 1 fully saturated rings. The van der Waals surface area contributed by atoms with Gasteiger partial charge in [-0.2, -0.15) is 5.26 Å². The van der Waals surface area contributed by atoms with Crippen LogP contribution in [0.3, 0.4) is 0 Å². The van der Waals surface area contributed by atoms with Crippen LogP contribution in [0.2, 0.25) is 0 Å². The van der Waals surface area contributed by atoms with Gasteiger partial charge >= 0.3 is 5.97 Å². The zero-order valence-electron chi connectivity index (χ0n) is 16.1. The first-order valence-electron chi connectivity index (χ1n) is 8.98. The Bertz CT molecular complexity index is 915. The van der Waals surface area contributed by atoms with E-state index in [0.717, 1.165) is 11.1 Å². The van der Waals surface area contributed by atoms with Gasteiger partial charge in [-0.05, 0) is 48.7 Å². The maximum atomic E-state index is 12.4. The normalized spacial score (nSPS) is 21.3. The van der Waals surface area contributed by atoms with Gasteiger partial charge in [0.05, 0.1) is 24.8 Å². The zero-order valence-corrected chi connectivity index (χ0v) is 16.1. The van der Waals surface area contributed by atoms with Crippen molar-refractivity contribution >= 4 is 11.9 Å². The molecular weight excluding hydrogens is 356 g/mol. The van der Waals surface area contributed by atoms with E-state index in [1.54, 1.807) is 31.0 Å². The van der Waals surface area contributed by atoms with Crippen molar-refractivity contribution in [3.63, 3.8) is 0 Å². The molecule has 0 aromatic heterocycles. The van der Waals surface area contributed by atoms with Crippen LogP contribution in [-0.2, 0) is 14.3 Å². The Hall–Kier alpha value is -3.33. The number of nitriles is 1. The van der Waals surface area contributed by atoms with Crippen LogP contribution >= 0.6 is 0 Å². The fourth-order valence-electron chi connectivity index (χ4n) is 3.49. The molecule has 0 radical (unpaired) electrons. The highest BCUT2D eigenvalue weighted by atomic mass is 16.5. The predicted octanol–water partition coefficient (Wildman–Crippen LogP) is 3.01. The second kappa shape index (κ2) is 7.73. The SMILES string of the molecule is COC(=O)[C@@]1(C)C[C@@H](COc2ccc(-c3ccc(C#N)cc3)cc2)N(C)C1=O. The van der Waals surface area contributed by atoms with Crippen LogP contribution in [0.15, 0.2) is 48.5 Å². The lowest BCUT2D eigenvalue weighted by atomic mass is 9.87. The molecule has 1 saturated heterocycles. The van der Waals surface area contributed by atoms with Gasteiger partial charge in [0, 0.05) is 7.05 Å². The van der Waals surface area contributed by atoms with Crippen molar-refractivity contribution in [3.05, 3.63) is 54.1 Å². The first kappa shape index (κ1) is 19.4. The molecule has 2 aromatic rings. The molecule has 1 aliphatic heterocycles. The van der Waals surface area contributed by atoms with Crippen molar-refractivity contribution in [2.24, 2.45) is 5.41 Å². The molecule has 6 heteroatoms. The highest BCUT2D eigenvalue weighted by molar-refractivity contribution is 6.03. The zero-order chi connectivity index (χ0) is 20.3. The Balaban J connectivity index is 1.64. The minimum Gasteiger partial charge on any atom is -0.491 e. The molecule has 6 nitrogen and oxygen atoms in total. The van der Waals surface area contributed by atoms with Crippen molar-refractivity contribution in [1.29, 1.82) is 5.26 Å².